The third-order valence-electron chi connectivity index (χ3n) is 3.99. The van der Waals surface area contributed by atoms with Crippen molar-refractivity contribution in [2.75, 3.05) is 38.3 Å². The van der Waals surface area contributed by atoms with Gasteiger partial charge in [-0.25, -0.2) is 14.6 Å². The molecule has 0 unspecified atom stereocenters. The van der Waals surface area contributed by atoms with Crippen molar-refractivity contribution in [1.29, 1.82) is 0 Å². The second-order valence-corrected chi connectivity index (χ2v) is 7.15. The molecule has 0 aliphatic rings. The van der Waals surface area contributed by atoms with Crippen LogP contribution in [0.3, 0.4) is 0 Å². The number of carbonyl (C=O) groups excluding carboxylic acids is 2. The van der Waals surface area contributed by atoms with Crippen LogP contribution >= 0.6 is 11.3 Å². The molecule has 0 saturated carbocycles. The Labute approximate surface area is 181 Å². The topological polar surface area (TPSA) is 90.0 Å². The van der Waals surface area contributed by atoms with Crippen LogP contribution in [-0.2, 0) is 16.0 Å². The molecule has 2 rings (SSSR count). The van der Waals surface area contributed by atoms with Gasteiger partial charge in [0.15, 0.2) is 5.69 Å². The quantitative estimate of drug-likeness (QED) is 0.397. The number of esters is 1. The monoisotopic (exact) mass is 435 g/mol. The van der Waals surface area contributed by atoms with E-state index in [2.05, 4.69) is 10.3 Å². The van der Waals surface area contributed by atoms with Gasteiger partial charge in [-0.15, -0.1) is 11.3 Å². The van der Waals surface area contributed by atoms with Gasteiger partial charge in [0.2, 0.25) is 0 Å². The van der Waals surface area contributed by atoms with E-state index in [1.165, 1.54) is 11.3 Å². The lowest BCUT2D eigenvalue weighted by Crippen LogP contribution is -2.35. The highest BCUT2D eigenvalue weighted by Crippen LogP contribution is 2.18. The minimum Gasteiger partial charge on any atom is -0.494 e. The van der Waals surface area contributed by atoms with Crippen LogP contribution in [0.5, 0.6) is 5.75 Å². The maximum absolute atomic E-state index is 12.9. The molecule has 30 heavy (non-hydrogen) atoms. The maximum atomic E-state index is 12.9. The average Bonchev–Trinajstić information content (AvgIpc) is 3.21. The zero-order valence-electron chi connectivity index (χ0n) is 17.7. The molecule has 0 bridgehead atoms. The molecule has 0 radical (unpaired) electrons. The molecule has 1 aromatic heterocycles. The van der Waals surface area contributed by atoms with Crippen LogP contribution in [0, 0.1) is 0 Å². The third-order valence-corrected chi connectivity index (χ3v) is 4.82. The van der Waals surface area contributed by atoms with Gasteiger partial charge in [0.1, 0.15) is 10.8 Å². The zero-order valence-corrected chi connectivity index (χ0v) is 18.5. The lowest BCUT2D eigenvalue weighted by Gasteiger charge is -2.22. The van der Waals surface area contributed by atoms with E-state index < -0.39 is 5.97 Å². The lowest BCUT2D eigenvalue weighted by molar-refractivity contribution is 0.0520. The van der Waals surface area contributed by atoms with E-state index in [9.17, 15) is 9.59 Å². The summed E-state index contributed by atoms with van der Waals surface area (Å²) in [6, 6.07) is 6.96. The van der Waals surface area contributed by atoms with Crippen LogP contribution in [0.25, 0.3) is 0 Å². The Hall–Kier alpha value is -2.65. The molecule has 1 aromatic carbocycles. The molecule has 164 valence electrons. The Morgan fingerprint density at radius 1 is 1.10 bits per heavy atom. The fraction of sp³-hybridized carbons (Fsp3) is 0.476. The second kappa shape index (κ2) is 12.8. The number of hydrogen-bond acceptors (Lipinski definition) is 7. The number of nitrogens with zero attached hydrogens (tertiary/aromatic N) is 2. The first-order valence-corrected chi connectivity index (χ1v) is 10.9. The fourth-order valence-corrected chi connectivity index (χ4v) is 3.38. The summed E-state index contributed by atoms with van der Waals surface area (Å²) in [5.41, 5.74) is 0.933. The van der Waals surface area contributed by atoms with Crippen molar-refractivity contribution in [3.63, 3.8) is 0 Å². The van der Waals surface area contributed by atoms with E-state index in [1.807, 2.05) is 26.0 Å². The molecule has 0 aliphatic heterocycles. The van der Waals surface area contributed by atoms with E-state index in [4.69, 9.17) is 14.2 Å². The maximum Gasteiger partial charge on any atom is 0.357 e. The number of urea groups is 1. The van der Waals surface area contributed by atoms with Gasteiger partial charge in [-0.2, -0.15) is 0 Å². The molecule has 0 fully saturated rings. The van der Waals surface area contributed by atoms with E-state index in [0.29, 0.717) is 56.6 Å². The Morgan fingerprint density at radius 2 is 1.87 bits per heavy atom. The van der Waals surface area contributed by atoms with Crippen LogP contribution in [0.4, 0.5) is 10.5 Å². The van der Waals surface area contributed by atoms with Crippen molar-refractivity contribution in [2.24, 2.45) is 0 Å². The number of nitrogens with one attached hydrogen (secondary N) is 1. The number of thiazole rings is 1. The number of ether oxygens (including phenoxy) is 3. The van der Waals surface area contributed by atoms with Gasteiger partial charge >= 0.3 is 12.0 Å². The molecule has 0 atom stereocenters. The van der Waals surface area contributed by atoms with E-state index in [0.717, 1.165) is 5.75 Å². The summed E-state index contributed by atoms with van der Waals surface area (Å²) in [6.45, 7) is 8.46. The predicted octanol–water partition coefficient (Wildman–Crippen LogP) is 4.18. The molecule has 0 aliphatic carbocycles. The van der Waals surface area contributed by atoms with E-state index in [-0.39, 0.29) is 11.7 Å². The first-order valence-electron chi connectivity index (χ1n) is 10.0. The Bertz CT molecular complexity index is 794. The Morgan fingerprint density at radius 3 is 2.53 bits per heavy atom. The third kappa shape index (κ3) is 7.64. The Kier molecular flexibility index (Phi) is 10.1. The van der Waals surface area contributed by atoms with Crippen molar-refractivity contribution >= 4 is 29.0 Å². The molecule has 2 amide bonds. The minimum absolute atomic E-state index is 0.247. The van der Waals surface area contributed by atoms with Crippen LogP contribution in [0.15, 0.2) is 29.6 Å². The normalized spacial score (nSPS) is 10.5. The van der Waals surface area contributed by atoms with Crippen LogP contribution in [0.2, 0.25) is 0 Å². The van der Waals surface area contributed by atoms with Crippen LogP contribution in [-0.4, -0.2) is 54.9 Å². The lowest BCUT2D eigenvalue weighted by atomic mass is 10.3. The van der Waals surface area contributed by atoms with Gasteiger partial charge in [-0.3, -0.25) is 0 Å². The van der Waals surface area contributed by atoms with Gasteiger partial charge in [0, 0.05) is 30.8 Å². The molecule has 9 heteroatoms. The number of carbonyl (C=O) groups is 2. The van der Waals surface area contributed by atoms with Crippen molar-refractivity contribution in [3.05, 3.63) is 40.3 Å². The first kappa shape index (κ1) is 23.6. The molecular weight excluding hydrogens is 406 g/mol. The van der Waals surface area contributed by atoms with E-state index >= 15 is 0 Å². The molecular formula is C21H29N3O5S. The van der Waals surface area contributed by atoms with Crippen molar-refractivity contribution < 1.29 is 23.8 Å². The summed E-state index contributed by atoms with van der Waals surface area (Å²) < 4.78 is 15.8. The minimum atomic E-state index is -0.457. The van der Waals surface area contributed by atoms with Gasteiger partial charge in [0.25, 0.3) is 0 Å². The number of anilines is 1. The number of hydrogen-bond donors (Lipinski definition) is 1. The summed E-state index contributed by atoms with van der Waals surface area (Å²) in [5, 5.41) is 5.21. The van der Waals surface area contributed by atoms with Crippen molar-refractivity contribution in [3.8, 4) is 5.75 Å². The van der Waals surface area contributed by atoms with Crippen LogP contribution < -0.4 is 10.1 Å². The number of benzene rings is 1. The molecule has 1 heterocycles. The number of amides is 2. The SMILES string of the molecule is CCOCCCN(Cc1nc(C(=O)OCC)cs1)C(=O)Nc1ccc(OCC)cc1. The van der Waals surface area contributed by atoms with Gasteiger partial charge in [-0.05, 0) is 51.5 Å². The summed E-state index contributed by atoms with van der Waals surface area (Å²) in [5.74, 6) is 0.292. The molecule has 0 saturated heterocycles. The zero-order chi connectivity index (χ0) is 21.8. The first-order chi connectivity index (χ1) is 14.6. The summed E-state index contributed by atoms with van der Waals surface area (Å²) in [4.78, 5) is 30.7. The molecule has 0 spiro atoms. The molecule has 1 N–H and O–H groups in total. The van der Waals surface area contributed by atoms with Crippen molar-refractivity contribution in [1.82, 2.24) is 9.88 Å². The highest BCUT2D eigenvalue weighted by atomic mass is 32.1. The smallest absolute Gasteiger partial charge is 0.357 e. The van der Waals surface area contributed by atoms with Crippen LogP contribution in [0.1, 0.15) is 42.7 Å². The molecule has 8 nitrogen and oxygen atoms in total. The predicted molar refractivity (Wildman–Crippen MR) is 116 cm³/mol. The standard InChI is InChI=1S/C21H29N3O5S/c1-4-27-13-7-12-24(14-19-23-18(15-30-19)20(25)29-6-3)21(26)22-16-8-10-17(11-9-16)28-5-2/h8-11,15H,4-7,12-14H2,1-3H3,(H,22,26). The average molecular weight is 436 g/mol. The largest absolute Gasteiger partial charge is 0.494 e. The number of aromatic nitrogens is 1. The summed E-state index contributed by atoms with van der Waals surface area (Å²) >= 11 is 1.33. The van der Waals surface area contributed by atoms with Crippen molar-refractivity contribution in [2.45, 2.75) is 33.7 Å². The van der Waals surface area contributed by atoms with Gasteiger partial charge < -0.3 is 24.4 Å². The second-order valence-electron chi connectivity index (χ2n) is 6.21. The van der Waals surface area contributed by atoms with E-state index in [1.54, 1.807) is 29.3 Å². The summed E-state index contributed by atoms with van der Waals surface area (Å²) in [6.07, 6.45) is 0.695. The van der Waals surface area contributed by atoms with Gasteiger partial charge in [0.05, 0.1) is 19.8 Å². The fourth-order valence-electron chi connectivity index (χ4n) is 2.60. The summed E-state index contributed by atoms with van der Waals surface area (Å²) in [7, 11) is 0. The Balaban J connectivity index is 2.03. The highest BCUT2D eigenvalue weighted by Gasteiger charge is 2.18. The van der Waals surface area contributed by atoms with Gasteiger partial charge in [-0.1, -0.05) is 0 Å². The highest BCUT2D eigenvalue weighted by molar-refractivity contribution is 7.09. The molecule has 2 aromatic rings. The number of rotatable bonds is 12.